The fourth-order valence-corrected chi connectivity index (χ4v) is 3.67. The van der Waals surface area contributed by atoms with Crippen molar-refractivity contribution in [2.24, 2.45) is 0 Å². The van der Waals surface area contributed by atoms with E-state index in [1.165, 1.54) is 0 Å². The topological polar surface area (TPSA) is 42.9 Å². The number of hydrogen-bond donors (Lipinski definition) is 0. The molecule has 0 radical (unpaired) electrons. The standard InChI is InChI=1S/C19H9BrN2O/c20-10-5-6-15-14(9-10)11-7-8-21-18-16(11)17(22-15)12-3-1-2-4-13(12)19(18)23/h1-9H. The van der Waals surface area contributed by atoms with Crippen molar-refractivity contribution in [3.05, 3.63) is 70.5 Å². The summed E-state index contributed by atoms with van der Waals surface area (Å²) in [5.74, 6) is -0.0325. The molecule has 0 spiro atoms. The van der Waals surface area contributed by atoms with Crippen molar-refractivity contribution in [2.75, 3.05) is 0 Å². The Hall–Kier alpha value is -2.59. The smallest absolute Gasteiger partial charge is 0.212 e. The molecule has 4 aromatic rings. The van der Waals surface area contributed by atoms with E-state index in [1.807, 2.05) is 48.5 Å². The second kappa shape index (κ2) is 4.46. The number of carbonyl (C=O) groups excluding carboxylic acids is 1. The zero-order valence-electron chi connectivity index (χ0n) is 11.9. The molecule has 0 saturated carbocycles. The molecule has 2 aromatic heterocycles. The van der Waals surface area contributed by atoms with E-state index < -0.39 is 0 Å². The number of hydrogen-bond acceptors (Lipinski definition) is 3. The van der Waals surface area contributed by atoms with Crippen LogP contribution in [-0.4, -0.2) is 15.8 Å². The van der Waals surface area contributed by atoms with E-state index in [-0.39, 0.29) is 5.78 Å². The van der Waals surface area contributed by atoms with E-state index in [4.69, 9.17) is 4.98 Å². The lowest BCUT2D eigenvalue weighted by Crippen LogP contribution is -2.12. The summed E-state index contributed by atoms with van der Waals surface area (Å²) in [5.41, 5.74) is 3.80. The summed E-state index contributed by atoms with van der Waals surface area (Å²) in [5, 5.41) is 2.88. The largest absolute Gasteiger partial charge is 0.287 e. The van der Waals surface area contributed by atoms with Crippen LogP contribution in [0.25, 0.3) is 32.9 Å². The van der Waals surface area contributed by atoms with Crippen LogP contribution in [0.1, 0.15) is 16.1 Å². The highest BCUT2D eigenvalue weighted by atomic mass is 79.9. The quantitative estimate of drug-likeness (QED) is 0.374. The molecule has 4 heteroatoms. The van der Waals surface area contributed by atoms with Gasteiger partial charge < -0.3 is 0 Å². The Morgan fingerprint density at radius 1 is 0.870 bits per heavy atom. The van der Waals surface area contributed by atoms with E-state index >= 15 is 0 Å². The molecule has 1 aliphatic carbocycles. The molecule has 0 amide bonds. The predicted octanol–water partition coefficient (Wildman–Crippen LogP) is 4.76. The van der Waals surface area contributed by atoms with Crippen molar-refractivity contribution in [2.45, 2.75) is 0 Å². The third-order valence-corrected chi connectivity index (χ3v) is 4.80. The van der Waals surface area contributed by atoms with Crippen molar-refractivity contribution in [1.82, 2.24) is 9.97 Å². The van der Waals surface area contributed by atoms with Gasteiger partial charge in [-0.05, 0) is 29.7 Å². The van der Waals surface area contributed by atoms with Crippen LogP contribution >= 0.6 is 15.9 Å². The molecule has 1 aliphatic rings. The second-order valence-corrected chi connectivity index (χ2v) is 6.49. The predicted molar refractivity (Wildman–Crippen MR) is 93.6 cm³/mol. The van der Waals surface area contributed by atoms with Crippen LogP contribution in [0.4, 0.5) is 0 Å². The van der Waals surface area contributed by atoms with E-state index in [1.54, 1.807) is 6.20 Å². The van der Waals surface area contributed by atoms with E-state index in [0.717, 1.165) is 37.4 Å². The number of ketones is 1. The van der Waals surface area contributed by atoms with Gasteiger partial charge in [0.2, 0.25) is 5.78 Å². The lowest BCUT2D eigenvalue weighted by molar-refractivity contribution is 0.103. The van der Waals surface area contributed by atoms with Crippen LogP contribution in [0.15, 0.2) is 59.2 Å². The van der Waals surface area contributed by atoms with E-state index in [0.29, 0.717) is 11.3 Å². The van der Waals surface area contributed by atoms with E-state index in [2.05, 4.69) is 20.9 Å². The minimum Gasteiger partial charge on any atom is -0.287 e. The Balaban J connectivity index is 2.08. The summed E-state index contributed by atoms with van der Waals surface area (Å²) in [6, 6.07) is 15.6. The second-order valence-electron chi connectivity index (χ2n) is 5.58. The van der Waals surface area contributed by atoms with Crippen molar-refractivity contribution < 1.29 is 4.79 Å². The van der Waals surface area contributed by atoms with Crippen LogP contribution < -0.4 is 0 Å². The zero-order chi connectivity index (χ0) is 15.6. The highest BCUT2D eigenvalue weighted by Gasteiger charge is 2.27. The molecular weight excluding hydrogens is 352 g/mol. The molecular formula is C19H9BrN2O. The summed E-state index contributed by atoms with van der Waals surface area (Å²) in [4.78, 5) is 22.0. The van der Waals surface area contributed by atoms with Gasteiger partial charge in [0.15, 0.2) is 0 Å². The molecule has 0 aliphatic heterocycles. The number of pyridine rings is 2. The highest BCUT2D eigenvalue weighted by molar-refractivity contribution is 9.10. The maximum atomic E-state index is 12.8. The van der Waals surface area contributed by atoms with Gasteiger partial charge in [-0.1, -0.05) is 40.2 Å². The van der Waals surface area contributed by atoms with Crippen LogP contribution in [0.2, 0.25) is 0 Å². The molecule has 5 rings (SSSR count). The monoisotopic (exact) mass is 360 g/mol. The van der Waals surface area contributed by atoms with Crippen LogP contribution in [0, 0.1) is 0 Å². The number of nitrogens with zero attached hydrogens (tertiary/aromatic N) is 2. The van der Waals surface area contributed by atoms with E-state index in [9.17, 15) is 4.79 Å². The molecule has 0 saturated heterocycles. The van der Waals surface area contributed by atoms with Crippen molar-refractivity contribution >= 4 is 43.4 Å². The van der Waals surface area contributed by atoms with Gasteiger partial charge in [-0.2, -0.15) is 0 Å². The number of halogens is 1. The normalized spacial score (nSPS) is 12.7. The third-order valence-electron chi connectivity index (χ3n) is 4.31. The number of carbonyl (C=O) groups is 1. The Morgan fingerprint density at radius 2 is 1.70 bits per heavy atom. The molecule has 2 heterocycles. The summed E-state index contributed by atoms with van der Waals surface area (Å²) in [7, 11) is 0. The summed E-state index contributed by atoms with van der Waals surface area (Å²) in [6.07, 6.45) is 1.70. The first-order valence-corrected chi connectivity index (χ1v) is 8.05. The Labute approximate surface area is 140 Å². The van der Waals surface area contributed by atoms with Crippen LogP contribution in [0.3, 0.4) is 0 Å². The molecule has 108 valence electrons. The number of rotatable bonds is 0. The van der Waals surface area contributed by atoms with Gasteiger partial charge in [0.25, 0.3) is 0 Å². The summed E-state index contributed by atoms with van der Waals surface area (Å²) < 4.78 is 0.989. The Morgan fingerprint density at radius 3 is 2.57 bits per heavy atom. The molecule has 0 atom stereocenters. The lowest BCUT2D eigenvalue weighted by Gasteiger charge is -2.19. The molecule has 2 aromatic carbocycles. The van der Waals surface area contributed by atoms with Gasteiger partial charge in [-0.3, -0.25) is 9.78 Å². The van der Waals surface area contributed by atoms with Gasteiger partial charge in [0, 0.05) is 32.6 Å². The maximum Gasteiger partial charge on any atom is 0.212 e. The first-order chi connectivity index (χ1) is 11.2. The molecule has 0 N–H and O–H groups in total. The van der Waals surface area contributed by atoms with Gasteiger partial charge in [-0.25, -0.2) is 4.98 Å². The van der Waals surface area contributed by atoms with Crippen LogP contribution in [-0.2, 0) is 0 Å². The number of aromatic nitrogens is 2. The summed E-state index contributed by atoms with van der Waals surface area (Å²) in [6.45, 7) is 0. The lowest BCUT2D eigenvalue weighted by atomic mass is 9.87. The van der Waals surface area contributed by atoms with Crippen molar-refractivity contribution in [3.8, 4) is 11.3 Å². The SMILES string of the molecule is O=C1c2ccccc2-c2nc3ccc(Br)cc3c3ccnc1c23. The Kier molecular flexibility index (Phi) is 2.50. The van der Waals surface area contributed by atoms with Gasteiger partial charge in [0.1, 0.15) is 5.69 Å². The summed E-state index contributed by atoms with van der Waals surface area (Å²) >= 11 is 3.51. The molecule has 3 nitrogen and oxygen atoms in total. The molecule has 0 fully saturated rings. The average Bonchev–Trinajstić information content (AvgIpc) is 2.59. The first-order valence-electron chi connectivity index (χ1n) is 7.26. The fourth-order valence-electron chi connectivity index (χ4n) is 3.31. The van der Waals surface area contributed by atoms with Gasteiger partial charge in [0.05, 0.1) is 11.2 Å². The molecule has 23 heavy (non-hydrogen) atoms. The Bertz CT molecular complexity index is 1150. The molecule has 0 unspecified atom stereocenters. The van der Waals surface area contributed by atoms with Crippen LogP contribution in [0.5, 0.6) is 0 Å². The molecule has 0 bridgehead atoms. The van der Waals surface area contributed by atoms with Gasteiger partial charge in [-0.15, -0.1) is 0 Å². The maximum absolute atomic E-state index is 12.8. The minimum atomic E-state index is -0.0325. The minimum absolute atomic E-state index is 0.0325. The first kappa shape index (κ1) is 12.9. The highest BCUT2D eigenvalue weighted by Crippen LogP contribution is 2.40. The zero-order valence-corrected chi connectivity index (χ0v) is 13.5. The van der Waals surface area contributed by atoms with Gasteiger partial charge >= 0.3 is 0 Å². The number of benzene rings is 2. The fraction of sp³-hybridized carbons (Fsp3) is 0. The van der Waals surface area contributed by atoms with Crippen molar-refractivity contribution in [1.29, 1.82) is 0 Å². The average molecular weight is 361 g/mol. The number of fused-ring (bicyclic) bond motifs is 4. The third kappa shape index (κ3) is 1.67. The van der Waals surface area contributed by atoms with Crippen molar-refractivity contribution in [3.63, 3.8) is 0 Å².